The largest absolute Gasteiger partial charge is 0.511 e. The van der Waals surface area contributed by atoms with E-state index in [9.17, 15) is 0 Å². The Balaban J connectivity index is 2.37. The second-order valence-electron chi connectivity index (χ2n) is 2.44. The Labute approximate surface area is 85.1 Å². The van der Waals surface area contributed by atoms with Gasteiger partial charge in [-0.3, -0.25) is 0 Å². The highest BCUT2D eigenvalue weighted by Gasteiger charge is 1.93. The van der Waals surface area contributed by atoms with E-state index >= 15 is 0 Å². The smallest absolute Gasteiger partial charge is 0.147 e. The Morgan fingerprint density at radius 3 is 2.62 bits per heavy atom. The zero-order chi connectivity index (χ0) is 9.68. The number of hydroxylamine groups is 1. The van der Waals surface area contributed by atoms with Gasteiger partial charge in [0.25, 0.3) is 0 Å². The van der Waals surface area contributed by atoms with Crippen molar-refractivity contribution >= 4 is 15.9 Å². The minimum atomic E-state index is 0.0390. The molecule has 1 aromatic rings. The van der Waals surface area contributed by atoms with Gasteiger partial charge in [0.2, 0.25) is 0 Å². The average molecular weight is 244 g/mol. The monoisotopic (exact) mass is 243 g/mol. The first-order chi connectivity index (χ1) is 6.18. The van der Waals surface area contributed by atoms with Crippen molar-refractivity contribution in [3.63, 3.8) is 0 Å². The van der Waals surface area contributed by atoms with Crippen LogP contribution in [0.25, 0.3) is 0 Å². The number of halogens is 1. The molecule has 0 aliphatic heterocycles. The van der Waals surface area contributed by atoms with Gasteiger partial charge in [0.1, 0.15) is 11.5 Å². The van der Waals surface area contributed by atoms with Gasteiger partial charge in [0.15, 0.2) is 0 Å². The van der Waals surface area contributed by atoms with Crippen molar-refractivity contribution in [2.75, 3.05) is 6.54 Å². The first-order valence-electron chi connectivity index (χ1n) is 3.70. The maximum absolute atomic E-state index is 8.73. The number of aliphatic hydroxyl groups excluding tert-OH is 1. The Morgan fingerprint density at radius 1 is 1.46 bits per heavy atom. The molecule has 0 bridgehead atoms. The van der Waals surface area contributed by atoms with Crippen LogP contribution in [-0.2, 0) is 0 Å². The van der Waals surface area contributed by atoms with Gasteiger partial charge < -0.3 is 9.94 Å². The van der Waals surface area contributed by atoms with Crippen molar-refractivity contribution < 1.29 is 9.94 Å². The fraction of sp³-hybridized carbons (Fsp3) is 0.111. The van der Waals surface area contributed by atoms with E-state index in [0.717, 1.165) is 4.47 Å². The molecule has 0 saturated carbocycles. The lowest BCUT2D eigenvalue weighted by atomic mass is 10.3. The van der Waals surface area contributed by atoms with E-state index in [0.29, 0.717) is 5.75 Å². The molecule has 13 heavy (non-hydrogen) atoms. The van der Waals surface area contributed by atoms with Gasteiger partial charge in [0.05, 0.1) is 6.54 Å². The molecule has 0 radical (unpaired) electrons. The van der Waals surface area contributed by atoms with E-state index in [2.05, 4.69) is 28.0 Å². The molecule has 3 nitrogen and oxygen atoms in total. The lowest BCUT2D eigenvalue weighted by molar-refractivity contribution is 0.190. The van der Waals surface area contributed by atoms with Gasteiger partial charge in [-0.2, -0.15) is 0 Å². The van der Waals surface area contributed by atoms with Gasteiger partial charge in [-0.25, -0.2) is 0 Å². The summed E-state index contributed by atoms with van der Waals surface area (Å²) in [5.41, 5.74) is 2.56. The van der Waals surface area contributed by atoms with E-state index in [-0.39, 0.29) is 12.3 Å². The van der Waals surface area contributed by atoms with Crippen molar-refractivity contribution in [1.82, 2.24) is 5.48 Å². The maximum atomic E-state index is 8.73. The number of rotatable bonds is 4. The number of benzene rings is 1. The van der Waals surface area contributed by atoms with Crippen LogP contribution < -0.4 is 10.3 Å². The Kier molecular flexibility index (Phi) is 3.79. The van der Waals surface area contributed by atoms with Crippen molar-refractivity contribution in [3.8, 4) is 5.75 Å². The van der Waals surface area contributed by atoms with Crippen LogP contribution in [0.15, 0.2) is 41.1 Å². The van der Waals surface area contributed by atoms with E-state index in [1.165, 1.54) is 0 Å². The molecular weight excluding hydrogens is 234 g/mol. The molecule has 0 saturated heterocycles. The van der Waals surface area contributed by atoms with Crippen molar-refractivity contribution in [2.24, 2.45) is 0 Å². The highest BCUT2D eigenvalue weighted by molar-refractivity contribution is 9.10. The summed E-state index contributed by atoms with van der Waals surface area (Å²) in [5, 5.41) is 8.73. The second-order valence-corrected chi connectivity index (χ2v) is 3.36. The Bertz CT molecular complexity index is 284. The highest BCUT2D eigenvalue weighted by atomic mass is 79.9. The minimum absolute atomic E-state index is 0.0390. The van der Waals surface area contributed by atoms with Crippen molar-refractivity contribution in [1.29, 1.82) is 0 Å². The predicted octanol–water partition coefficient (Wildman–Crippen LogP) is 2.40. The zero-order valence-electron chi connectivity index (χ0n) is 6.96. The summed E-state index contributed by atoms with van der Waals surface area (Å²) < 4.78 is 0.992. The van der Waals surface area contributed by atoms with Crippen LogP contribution >= 0.6 is 15.9 Å². The molecule has 4 heteroatoms. The predicted molar refractivity (Wildman–Crippen MR) is 54.5 cm³/mol. The maximum Gasteiger partial charge on any atom is 0.147 e. The van der Waals surface area contributed by atoms with Crippen molar-refractivity contribution in [2.45, 2.75) is 0 Å². The number of hydrogen-bond donors (Lipinski definition) is 2. The molecule has 0 atom stereocenters. The summed E-state index contributed by atoms with van der Waals surface area (Å²) in [4.78, 5) is 5.08. The second kappa shape index (κ2) is 4.89. The fourth-order valence-electron chi connectivity index (χ4n) is 0.705. The molecule has 0 aromatic heterocycles. The van der Waals surface area contributed by atoms with E-state index < -0.39 is 0 Å². The van der Waals surface area contributed by atoms with Crippen LogP contribution in [0.5, 0.6) is 5.75 Å². The number of aliphatic hydroxyl groups is 1. The van der Waals surface area contributed by atoms with Crippen LogP contribution in [0.4, 0.5) is 0 Å². The minimum Gasteiger partial charge on any atom is -0.511 e. The third-order valence-corrected chi connectivity index (χ3v) is 1.81. The quantitative estimate of drug-likeness (QED) is 0.631. The van der Waals surface area contributed by atoms with Crippen LogP contribution in [-0.4, -0.2) is 11.7 Å². The van der Waals surface area contributed by atoms with Crippen LogP contribution in [0.1, 0.15) is 0 Å². The Morgan fingerprint density at radius 2 is 2.08 bits per heavy atom. The summed E-state index contributed by atoms with van der Waals surface area (Å²) in [6, 6.07) is 7.34. The van der Waals surface area contributed by atoms with Gasteiger partial charge in [-0.05, 0) is 24.3 Å². The van der Waals surface area contributed by atoms with Crippen LogP contribution in [0.3, 0.4) is 0 Å². The first-order valence-corrected chi connectivity index (χ1v) is 4.50. The summed E-state index contributed by atoms with van der Waals surface area (Å²) in [6.45, 7) is 3.52. The molecule has 0 unspecified atom stereocenters. The lowest BCUT2D eigenvalue weighted by Gasteiger charge is -2.05. The molecule has 70 valence electrons. The van der Waals surface area contributed by atoms with Gasteiger partial charge in [-0.1, -0.05) is 22.5 Å². The summed E-state index contributed by atoms with van der Waals surface area (Å²) >= 11 is 3.31. The molecule has 2 N–H and O–H groups in total. The molecule has 1 aromatic carbocycles. The molecule has 0 spiro atoms. The lowest BCUT2D eigenvalue weighted by Crippen LogP contribution is -2.20. The normalized spacial score (nSPS) is 9.62. The highest BCUT2D eigenvalue weighted by Crippen LogP contribution is 2.15. The van der Waals surface area contributed by atoms with E-state index in [4.69, 9.17) is 9.94 Å². The van der Waals surface area contributed by atoms with Gasteiger partial charge in [-0.15, -0.1) is 5.48 Å². The topological polar surface area (TPSA) is 41.5 Å². The summed E-state index contributed by atoms with van der Waals surface area (Å²) in [5.74, 6) is 0.724. The molecule has 0 aliphatic rings. The number of hydrogen-bond acceptors (Lipinski definition) is 3. The third kappa shape index (κ3) is 3.96. The van der Waals surface area contributed by atoms with Crippen molar-refractivity contribution in [3.05, 3.63) is 41.1 Å². The fourth-order valence-corrected chi connectivity index (χ4v) is 0.970. The molecule has 1 rings (SSSR count). The molecular formula is C9H10BrNO2. The summed E-state index contributed by atoms with van der Waals surface area (Å²) in [7, 11) is 0. The van der Waals surface area contributed by atoms with E-state index in [1.54, 1.807) is 12.1 Å². The van der Waals surface area contributed by atoms with Gasteiger partial charge in [0, 0.05) is 4.47 Å². The summed E-state index contributed by atoms with van der Waals surface area (Å²) in [6.07, 6.45) is 0. The first kappa shape index (κ1) is 10.1. The molecule has 0 heterocycles. The zero-order valence-corrected chi connectivity index (χ0v) is 8.54. The van der Waals surface area contributed by atoms with Crippen LogP contribution in [0.2, 0.25) is 0 Å². The van der Waals surface area contributed by atoms with E-state index in [1.807, 2.05) is 12.1 Å². The molecule has 0 aliphatic carbocycles. The molecule has 0 amide bonds. The average Bonchev–Trinajstić information content (AvgIpc) is 2.08. The van der Waals surface area contributed by atoms with Crippen LogP contribution in [0, 0.1) is 0 Å². The van der Waals surface area contributed by atoms with Gasteiger partial charge >= 0.3 is 0 Å². The standard InChI is InChI=1S/C9H10BrNO2/c1-7(12)6-11-13-9-4-2-8(10)3-5-9/h2-5,11-12H,1,6H2. The number of nitrogens with one attached hydrogen (secondary N) is 1. The molecule has 0 fully saturated rings. The third-order valence-electron chi connectivity index (χ3n) is 1.28. The Hall–Kier alpha value is -1.000. The SMILES string of the molecule is C=C(O)CNOc1ccc(Br)cc1.